The molecule has 1 heterocycles. The van der Waals surface area contributed by atoms with E-state index in [0.717, 1.165) is 17.7 Å². The molecular formula is C12H18N2. The summed E-state index contributed by atoms with van der Waals surface area (Å²) in [5.74, 6) is 2.62. The lowest BCUT2D eigenvalue weighted by molar-refractivity contribution is 0.435. The minimum atomic E-state index is 0.611. The SMILES string of the molecule is CC1CCC(Nc2ccccn2)C1C. The number of hydrogen-bond donors (Lipinski definition) is 1. The predicted octanol–water partition coefficient (Wildman–Crippen LogP) is 2.93. The van der Waals surface area contributed by atoms with Gasteiger partial charge in [0.15, 0.2) is 0 Å². The van der Waals surface area contributed by atoms with Gasteiger partial charge in [-0.3, -0.25) is 0 Å². The molecule has 0 spiro atoms. The molecule has 1 aliphatic rings. The second-order valence-corrected chi connectivity index (χ2v) is 4.38. The molecule has 0 saturated heterocycles. The Bertz CT molecular complexity index is 284. The highest BCUT2D eigenvalue weighted by atomic mass is 15.0. The minimum Gasteiger partial charge on any atom is -0.367 e. The summed E-state index contributed by atoms with van der Waals surface area (Å²) in [6, 6.07) is 6.62. The van der Waals surface area contributed by atoms with Gasteiger partial charge in [-0.1, -0.05) is 19.9 Å². The fraction of sp³-hybridized carbons (Fsp3) is 0.583. The van der Waals surface area contributed by atoms with Gasteiger partial charge in [0.05, 0.1) is 0 Å². The molecule has 2 heteroatoms. The summed E-state index contributed by atoms with van der Waals surface area (Å²) in [5.41, 5.74) is 0. The van der Waals surface area contributed by atoms with Crippen molar-refractivity contribution in [3.8, 4) is 0 Å². The van der Waals surface area contributed by atoms with E-state index in [-0.39, 0.29) is 0 Å². The Morgan fingerprint density at radius 3 is 2.71 bits per heavy atom. The molecular weight excluding hydrogens is 172 g/mol. The van der Waals surface area contributed by atoms with E-state index >= 15 is 0 Å². The summed E-state index contributed by atoms with van der Waals surface area (Å²) < 4.78 is 0. The maximum absolute atomic E-state index is 4.29. The summed E-state index contributed by atoms with van der Waals surface area (Å²) in [6.07, 6.45) is 4.45. The van der Waals surface area contributed by atoms with E-state index in [1.54, 1.807) is 0 Å². The normalized spacial score (nSPS) is 31.7. The average Bonchev–Trinajstić information content (AvgIpc) is 2.52. The number of nitrogens with one attached hydrogen (secondary N) is 1. The molecule has 1 fully saturated rings. The molecule has 0 amide bonds. The highest BCUT2D eigenvalue weighted by Crippen LogP contribution is 2.32. The van der Waals surface area contributed by atoms with Crippen molar-refractivity contribution in [3.05, 3.63) is 24.4 Å². The van der Waals surface area contributed by atoms with Crippen molar-refractivity contribution in [1.29, 1.82) is 0 Å². The molecule has 0 bridgehead atoms. The van der Waals surface area contributed by atoms with E-state index in [2.05, 4.69) is 24.1 Å². The van der Waals surface area contributed by atoms with E-state index in [1.807, 2.05) is 24.4 Å². The van der Waals surface area contributed by atoms with Crippen LogP contribution in [0.15, 0.2) is 24.4 Å². The fourth-order valence-electron chi connectivity index (χ4n) is 2.21. The van der Waals surface area contributed by atoms with E-state index < -0.39 is 0 Å². The Morgan fingerprint density at radius 2 is 2.14 bits per heavy atom. The second kappa shape index (κ2) is 3.99. The molecule has 1 saturated carbocycles. The van der Waals surface area contributed by atoms with Crippen LogP contribution in [0.4, 0.5) is 5.82 Å². The zero-order valence-electron chi connectivity index (χ0n) is 8.90. The molecule has 3 unspecified atom stereocenters. The largest absolute Gasteiger partial charge is 0.367 e. The van der Waals surface area contributed by atoms with Crippen molar-refractivity contribution < 1.29 is 0 Å². The first-order valence-electron chi connectivity index (χ1n) is 5.45. The minimum absolute atomic E-state index is 0.611. The van der Waals surface area contributed by atoms with Crippen LogP contribution < -0.4 is 5.32 Å². The first-order chi connectivity index (χ1) is 6.77. The number of hydrogen-bond acceptors (Lipinski definition) is 2. The van der Waals surface area contributed by atoms with E-state index in [9.17, 15) is 0 Å². The molecule has 0 aromatic carbocycles. The van der Waals surface area contributed by atoms with Gasteiger partial charge in [-0.05, 0) is 36.8 Å². The van der Waals surface area contributed by atoms with Gasteiger partial charge in [0.25, 0.3) is 0 Å². The molecule has 0 aliphatic heterocycles. The molecule has 1 aliphatic carbocycles. The predicted molar refractivity (Wildman–Crippen MR) is 59.2 cm³/mol. The number of anilines is 1. The molecule has 76 valence electrons. The summed E-state index contributed by atoms with van der Waals surface area (Å²) in [4.78, 5) is 4.29. The van der Waals surface area contributed by atoms with Crippen LogP contribution in [0.2, 0.25) is 0 Å². The molecule has 3 atom stereocenters. The van der Waals surface area contributed by atoms with Crippen molar-refractivity contribution in [2.45, 2.75) is 32.7 Å². The van der Waals surface area contributed by atoms with Gasteiger partial charge >= 0.3 is 0 Å². The molecule has 1 aromatic heterocycles. The third kappa shape index (κ3) is 1.89. The van der Waals surface area contributed by atoms with Crippen LogP contribution >= 0.6 is 0 Å². The van der Waals surface area contributed by atoms with Gasteiger partial charge in [0.1, 0.15) is 5.82 Å². The Labute approximate surface area is 85.7 Å². The summed E-state index contributed by atoms with van der Waals surface area (Å²) >= 11 is 0. The van der Waals surface area contributed by atoms with Gasteiger partial charge in [0, 0.05) is 12.2 Å². The van der Waals surface area contributed by atoms with E-state index in [0.29, 0.717) is 6.04 Å². The molecule has 14 heavy (non-hydrogen) atoms. The molecule has 2 nitrogen and oxygen atoms in total. The Morgan fingerprint density at radius 1 is 1.29 bits per heavy atom. The fourth-order valence-corrected chi connectivity index (χ4v) is 2.21. The standard InChI is InChI=1S/C12H18N2/c1-9-6-7-11(10(9)2)14-12-5-3-4-8-13-12/h3-5,8-11H,6-7H2,1-2H3,(H,13,14). The van der Waals surface area contributed by atoms with Gasteiger partial charge in [-0.15, -0.1) is 0 Å². The van der Waals surface area contributed by atoms with Crippen LogP contribution in [0.1, 0.15) is 26.7 Å². The third-order valence-electron chi connectivity index (χ3n) is 3.46. The Kier molecular flexibility index (Phi) is 2.71. The van der Waals surface area contributed by atoms with Crippen LogP contribution in [0.3, 0.4) is 0 Å². The van der Waals surface area contributed by atoms with Crippen molar-refractivity contribution >= 4 is 5.82 Å². The average molecular weight is 190 g/mol. The highest BCUT2D eigenvalue weighted by molar-refractivity contribution is 5.35. The number of aromatic nitrogens is 1. The van der Waals surface area contributed by atoms with Crippen LogP contribution in [0.5, 0.6) is 0 Å². The first kappa shape index (κ1) is 9.50. The van der Waals surface area contributed by atoms with E-state index in [1.165, 1.54) is 12.8 Å². The topological polar surface area (TPSA) is 24.9 Å². The number of pyridine rings is 1. The zero-order chi connectivity index (χ0) is 9.97. The van der Waals surface area contributed by atoms with Crippen LogP contribution in [0, 0.1) is 11.8 Å². The smallest absolute Gasteiger partial charge is 0.126 e. The first-order valence-corrected chi connectivity index (χ1v) is 5.45. The highest BCUT2D eigenvalue weighted by Gasteiger charge is 2.29. The second-order valence-electron chi connectivity index (χ2n) is 4.38. The van der Waals surface area contributed by atoms with Gasteiger partial charge in [-0.25, -0.2) is 4.98 Å². The van der Waals surface area contributed by atoms with Crippen LogP contribution in [-0.4, -0.2) is 11.0 Å². The lowest BCUT2D eigenvalue weighted by Crippen LogP contribution is -2.24. The summed E-state index contributed by atoms with van der Waals surface area (Å²) in [5, 5.41) is 3.51. The quantitative estimate of drug-likeness (QED) is 0.775. The van der Waals surface area contributed by atoms with Crippen molar-refractivity contribution in [1.82, 2.24) is 4.98 Å². The monoisotopic (exact) mass is 190 g/mol. The molecule has 1 aromatic rings. The maximum atomic E-state index is 4.29. The Hall–Kier alpha value is -1.05. The molecule has 1 N–H and O–H groups in total. The van der Waals surface area contributed by atoms with Crippen LogP contribution in [0.25, 0.3) is 0 Å². The van der Waals surface area contributed by atoms with Gasteiger partial charge < -0.3 is 5.32 Å². The van der Waals surface area contributed by atoms with Crippen molar-refractivity contribution in [3.63, 3.8) is 0 Å². The van der Waals surface area contributed by atoms with Crippen LogP contribution in [-0.2, 0) is 0 Å². The summed E-state index contributed by atoms with van der Waals surface area (Å²) in [7, 11) is 0. The number of rotatable bonds is 2. The number of nitrogens with zero attached hydrogens (tertiary/aromatic N) is 1. The van der Waals surface area contributed by atoms with E-state index in [4.69, 9.17) is 0 Å². The van der Waals surface area contributed by atoms with Crippen molar-refractivity contribution in [2.24, 2.45) is 11.8 Å². The summed E-state index contributed by atoms with van der Waals surface area (Å²) in [6.45, 7) is 4.67. The van der Waals surface area contributed by atoms with Gasteiger partial charge in [0.2, 0.25) is 0 Å². The van der Waals surface area contributed by atoms with Crippen molar-refractivity contribution in [2.75, 3.05) is 5.32 Å². The Balaban J connectivity index is 1.99. The molecule has 0 radical (unpaired) electrons. The lowest BCUT2D eigenvalue weighted by Gasteiger charge is -2.19. The maximum Gasteiger partial charge on any atom is 0.126 e. The lowest BCUT2D eigenvalue weighted by atomic mass is 9.98. The molecule has 2 rings (SSSR count). The van der Waals surface area contributed by atoms with Gasteiger partial charge in [-0.2, -0.15) is 0 Å². The zero-order valence-corrected chi connectivity index (χ0v) is 8.90. The third-order valence-corrected chi connectivity index (χ3v) is 3.46.